The van der Waals surface area contributed by atoms with Gasteiger partial charge in [-0.25, -0.2) is 0 Å². The summed E-state index contributed by atoms with van der Waals surface area (Å²) in [5.41, 5.74) is 3.29. The second kappa shape index (κ2) is 8.33. The monoisotopic (exact) mass is 456 g/mol. The largest absolute Gasteiger partial charge is 0.508 e. The molecule has 0 radical (unpaired) electrons. The zero-order valence-electron chi connectivity index (χ0n) is 18.6. The van der Waals surface area contributed by atoms with Crippen LogP contribution < -0.4 is 0 Å². The van der Waals surface area contributed by atoms with Crippen LogP contribution in [0, 0.1) is 0 Å². The molecule has 5 rings (SSSR count). The van der Waals surface area contributed by atoms with Crippen LogP contribution >= 0.6 is 11.8 Å². The number of hydrogen-bond acceptors (Lipinski definition) is 5. The van der Waals surface area contributed by atoms with E-state index in [1.807, 2.05) is 68.1 Å². The van der Waals surface area contributed by atoms with Gasteiger partial charge in [0.15, 0.2) is 5.82 Å². The van der Waals surface area contributed by atoms with Crippen LogP contribution in [0.3, 0.4) is 0 Å². The maximum Gasteiger partial charge on any atom is 0.200 e. The summed E-state index contributed by atoms with van der Waals surface area (Å²) in [5, 5.41) is 31.8. The molecule has 3 aromatic carbocycles. The Morgan fingerprint density at radius 1 is 0.879 bits per heavy atom. The van der Waals surface area contributed by atoms with Crippen LogP contribution in [0.25, 0.3) is 28.0 Å². The Labute approximate surface area is 196 Å². The Balaban J connectivity index is 1.73. The van der Waals surface area contributed by atoms with Crippen LogP contribution in [0.4, 0.5) is 0 Å². The lowest BCUT2D eigenvalue weighted by Gasteiger charge is -2.15. The highest BCUT2D eigenvalue weighted by Gasteiger charge is 2.22. The summed E-state index contributed by atoms with van der Waals surface area (Å²) in [4.78, 5) is 1.04. The Kier molecular flexibility index (Phi) is 5.34. The summed E-state index contributed by atoms with van der Waals surface area (Å²) in [6, 6.07) is 21.5. The van der Waals surface area contributed by atoms with Crippen LogP contribution in [0.1, 0.15) is 25.3 Å². The molecule has 166 valence electrons. The molecule has 0 amide bonds. The molecule has 6 nitrogen and oxygen atoms in total. The topological polar surface area (TPSA) is 76.1 Å². The fourth-order valence-electron chi connectivity index (χ4n) is 3.98. The lowest BCUT2D eigenvalue weighted by molar-refractivity contribution is 0.444. The van der Waals surface area contributed by atoms with E-state index in [0.29, 0.717) is 16.5 Å². The maximum absolute atomic E-state index is 10.7. The van der Waals surface area contributed by atoms with Gasteiger partial charge in [-0.15, -0.1) is 10.2 Å². The van der Waals surface area contributed by atoms with Crippen LogP contribution in [0.5, 0.6) is 11.5 Å². The summed E-state index contributed by atoms with van der Waals surface area (Å²) in [7, 11) is 2.02. The third-order valence-electron chi connectivity index (χ3n) is 5.72. The molecule has 0 saturated carbocycles. The molecule has 0 fully saturated rings. The van der Waals surface area contributed by atoms with Gasteiger partial charge < -0.3 is 14.8 Å². The first kappa shape index (κ1) is 21.2. The van der Waals surface area contributed by atoms with Crippen molar-refractivity contribution in [2.24, 2.45) is 7.05 Å². The normalized spacial score (nSPS) is 11.5. The standard InChI is InChI=1S/C26H24N4O2S/c1-16(2)20-14-21(24(32)15-23(20)31)25-27-28-26(33-19-7-5-4-6-8-19)30(25)18-9-10-22-17(13-18)11-12-29(22)3/h4-16,31-32H,1-3H3. The van der Waals surface area contributed by atoms with Crippen molar-refractivity contribution in [1.29, 1.82) is 0 Å². The number of nitrogens with zero attached hydrogens (tertiary/aromatic N) is 4. The maximum atomic E-state index is 10.7. The molecule has 2 N–H and O–H groups in total. The Hall–Kier alpha value is -3.71. The molecule has 2 aromatic heterocycles. The molecule has 0 aliphatic heterocycles. The van der Waals surface area contributed by atoms with Crippen LogP contribution in [0.2, 0.25) is 0 Å². The first-order valence-electron chi connectivity index (χ1n) is 10.7. The van der Waals surface area contributed by atoms with Crippen molar-refractivity contribution in [3.63, 3.8) is 0 Å². The third-order valence-corrected chi connectivity index (χ3v) is 6.68. The minimum atomic E-state index is -0.0393. The number of phenolic OH excluding ortho intramolecular Hbond substituents is 2. The van der Waals surface area contributed by atoms with E-state index in [1.165, 1.54) is 17.8 Å². The third kappa shape index (κ3) is 3.85. The van der Waals surface area contributed by atoms with Crippen molar-refractivity contribution in [3.05, 3.63) is 78.5 Å². The van der Waals surface area contributed by atoms with E-state index in [4.69, 9.17) is 0 Å². The van der Waals surface area contributed by atoms with Gasteiger partial charge in [0, 0.05) is 35.1 Å². The SMILES string of the molecule is CC(C)c1cc(-c2nnc(Sc3ccccc3)n2-c2ccc3c(ccn3C)c2)c(O)cc1O. The molecule has 0 saturated heterocycles. The van der Waals surface area contributed by atoms with E-state index < -0.39 is 0 Å². The van der Waals surface area contributed by atoms with Gasteiger partial charge in [-0.05, 0) is 65.7 Å². The summed E-state index contributed by atoms with van der Waals surface area (Å²) in [6.07, 6.45) is 2.03. The number of benzene rings is 3. The van der Waals surface area contributed by atoms with E-state index in [1.54, 1.807) is 6.07 Å². The van der Waals surface area contributed by atoms with Crippen LogP contribution in [-0.4, -0.2) is 29.5 Å². The summed E-state index contributed by atoms with van der Waals surface area (Å²) in [5.74, 6) is 0.632. The fourth-order valence-corrected chi connectivity index (χ4v) is 4.85. The van der Waals surface area contributed by atoms with Crippen molar-refractivity contribution in [3.8, 4) is 28.6 Å². The average Bonchev–Trinajstić information content (AvgIpc) is 3.37. The smallest absolute Gasteiger partial charge is 0.200 e. The number of fused-ring (bicyclic) bond motifs is 1. The lowest BCUT2D eigenvalue weighted by atomic mass is 9.98. The molecule has 0 aliphatic carbocycles. The predicted molar refractivity (Wildman–Crippen MR) is 131 cm³/mol. The first-order chi connectivity index (χ1) is 15.9. The van der Waals surface area contributed by atoms with E-state index in [2.05, 4.69) is 33.0 Å². The van der Waals surface area contributed by atoms with Crippen molar-refractivity contribution >= 4 is 22.7 Å². The molecular formula is C26H24N4O2S. The zero-order chi connectivity index (χ0) is 23.1. The second-order valence-corrected chi connectivity index (χ2v) is 9.35. The van der Waals surface area contributed by atoms with Crippen molar-refractivity contribution in [2.75, 3.05) is 0 Å². The molecule has 2 heterocycles. The summed E-state index contributed by atoms with van der Waals surface area (Å²) < 4.78 is 4.03. The molecule has 0 atom stereocenters. The molecule has 0 spiro atoms. The number of phenols is 2. The van der Waals surface area contributed by atoms with E-state index in [9.17, 15) is 10.2 Å². The van der Waals surface area contributed by atoms with Crippen molar-refractivity contribution < 1.29 is 10.2 Å². The minimum absolute atomic E-state index is 0.0393. The van der Waals surface area contributed by atoms with Gasteiger partial charge in [0.2, 0.25) is 5.16 Å². The lowest BCUT2D eigenvalue weighted by Crippen LogP contribution is -2.01. The summed E-state index contributed by atoms with van der Waals surface area (Å²) >= 11 is 1.51. The van der Waals surface area contributed by atoms with Crippen molar-refractivity contribution in [1.82, 2.24) is 19.3 Å². The Morgan fingerprint density at radius 3 is 2.42 bits per heavy atom. The van der Waals surface area contributed by atoms with Crippen LogP contribution in [-0.2, 0) is 7.05 Å². The molecule has 7 heteroatoms. The number of aromatic nitrogens is 4. The van der Waals surface area contributed by atoms with Gasteiger partial charge in [-0.2, -0.15) is 0 Å². The van der Waals surface area contributed by atoms with Gasteiger partial charge in [-0.1, -0.05) is 32.0 Å². The number of aromatic hydroxyl groups is 2. The van der Waals surface area contributed by atoms with E-state index in [0.717, 1.165) is 27.0 Å². The average molecular weight is 457 g/mol. The Bertz CT molecular complexity index is 1450. The first-order valence-corrected chi connectivity index (χ1v) is 11.5. The predicted octanol–water partition coefficient (Wildman–Crippen LogP) is 6.11. The van der Waals surface area contributed by atoms with Gasteiger partial charge in [0.1, 0.15) is 11.5 Å². The molecule has 0 bridgehead atoms. The number of hydrogen-bond donors (Lipinski definition) is 2. The second-order valence-electron chi connectivity index (χ2n) is 8.31. The highest BCUT2D eigenvalue weighted by molar-refractivity contribution is 7.99. The molecule has 33 heavy (non-hydrogen) atoms. The quantitative estimate of drug-likeness (QED) is 0.334. The van der Waals surface area contributed by atoms with Crippen LogP contribution in [0.15, 0.2) is 83.0 Å². The highest BCUT2D eigenvalue weighted by Crippen LogP contribution is 2.40. The van der Waals surface area contributed by atoms with Crippen molar-refractivity contribution in [2.45, 2.75) is 29.8 Å². The van der Waals surface area contributed by atoms with Gasteiger partial charge in [0.25, 0.3) is 0 Å². The van der Waals surface area contributed by atoms with Gasteiger partial charge >= 0.3 is 0 Å². The van der Waals surface area contributed by atoms with E-state index >= 15 is 0 Å². The minimum Gasteiger partial charge on any atom is -0.508 e. The number of rotatable bonds is 5. The Morgan fingerprint density at radius 2 is 1.67 bits per heavy atom. The highest BCUT2D eigenvalue weighted by atomic mass is 32.2. The van der Waals surface area contributed by atoms with Gasteiger partial charge in [0.05, 0.1) is 11.3 Å². The molecule has 0 aliphatic rings. The van der Waals surface area contributed by atoms with Gasteiger partial charge in [-0.3, -0.25) is 4.57 Å². The fraction of sp³-hybridized carbons (Fsp3) is 0.154. The molecular weight excluding hydrogens is 432 g/mol. The summed E-state index contributed by atoms with van der Waals surface area (Å²) in [6.45, 7) is 4.00. The molecule has 5 aromatic rings. The molecule has 0 unspecified atom stereocenters. The van der Waals surface area contributed by atoms with E-state index in [-0.39, 0.29) is 17.4 Å². The zero-order valence-corrected chi connectivity index (χ0v) is 19.4. The number of aryl methyl sites for hydroxylation is 1.